The fraction of sp³-hybridized carbons (Fsp3) is 0.714. The first-order valence-corrected chi connectivity index (χ1v) is 3.39. The van der Waals surface area contributed by atoms with Crippen LogP contribution in [-0.4, -0.2) is 24.3 Å². The van der Waals surface area contributed by atoms with Crippen LogP contribution in [0, 0.1) is 11.8 Å². The lowest BCUT2D eigenvalue weighted by atomic mass is 9.75. The van der Waals surface area contributed by atoms with Gasteiger partial charge in [-0.1, -0.05) is 0 Å². The van der Waals surface area contributed by atoms with Crippen molar-refractivity contribution < 1.29 is 9.90 Å². The van der Waals surface area contributed by atoms with Gasteiger partial charge >= 0.3 is 5.97 Å². The quantitative estimate of drug-likeness (QED) is 0.591. The largest absolute Gasteiger partial charge is 0.481 e. The predicted molar refractivity (Wildman–Crippen MR) is 38.3 cm³/mol. The maximum atomic E-state index is 10.3. The van der Waals surface area contributed by atoms with Crippen molar-refractivity contribution in [1.82, 2.24) is 0 Å². The van der Waals surface area contributed by atoms with E-state index in [0.717, 1.165) is 19.4 Å². The molecule has 1 saturated carbocycles. The molecule has 0 heterocycles. The van der Waals surface area contributed by atoms with Crippen LogP contribution in [0.5, 0.6) is 0 Å². The topological polar surface area (TPSA) is 49.7 Å². The molecule has 0 atom stereocenters. The minimum atomic E-state index is -0.666. The molecule has 0 unspecified atom stereocenters. The van der Waals surface area contributed by atoms with Gasteiger partial charge in [0, 0.05) is 6.54 Å². The summed E-state index contributed by atoms with van der Waals surface area (Å²) in [6.45, 7) is 4.08. The van der Waals surface area contributed by atoms with E-state index < -0.39 is 5.97 Å². The number of carboxylic acids is 1. The maximum Gasteiger partial charge on any atom is 0.306 e. The molecule has 1 rings (SSSR count). The monoisotopic (exact) mass is 141 g/mol. The summed E-state index contributed by atoms with van der Waals surface area (Å²) >= 11 is 0. The van der Waals surface area contributed by atoms with E-state index in [1.165, 1.54) is 0 Å². The van der Waals surface area contributed by atoms with Crippen LogP contribution in [0.2, 0.25) is 0 Å². The van der Waals surface area contributed by atoms with Gasteiger partial charge in [0.2, 0.25) is 0 Å². The standard InChI is InChI=1S/C7H11NO2/c1-8-4-5-2-6(3-5)7(9)10/h5-6H,1-4H2,(H,9,10). The van der Waals surface area contributed by atoms with Crippen molar-refractivity contribution in [1.29, 1.82) is 0 Å². The molecule has 10 heavy (non-hydrogen) atoms. The van der Waals surface area contributed by atoms with Gasteiger partial charge in [-0.25, -0.2) is 0 Å². The van der Waals surface area contributed by atoms with Gasteiger partial charge in [0.05, 0.1) is 5.92 Å². The van der Waals surface area contributed by atoms with E-state index in [-0.39, 0.29) is 5.92 Å². The van der Waals surface area contributed by atoms with E-state index in [9.17, 15) is 4.79 Å². The smallest absolute Gasteiger partial charge is 0.306 e. The predicted octanol–water partition coefficient (Wildman–Crippen LogP) is 0.798. The first-order chi connectivity index (χ1) is 4.74. The summed E-state index contributed by atoms with van der Waals surface area (Å²) < 4.78 is 0. The fourth-order valence-corrected chi connectivity index (χ4v) is 1.27. The van der Waals surface area contributed by atoms with Crippen LogP contribution in [0.4, 0.5) is 0 Å². The molecule has 0 radical (unpaired) electrons. The van der Waals surface area contributed by atoms with E-state index in [4.69, 9.17) is 5.11 Å². The van der Waals surface area contributed by atoms with Crippen molar-refractivity contribution in [2.45, 2.75) is 12.8 Å². The first-order valence-electron chi connectivity index (χ1n) is 3.39. The Morgan fingerprint density at radius 1 is 1.70 bits per heavy atom. The Balaban J connectivity index is 2.17. The van der Waals surface area contributed by atoms with E-state index in [1.54, 1.807) is 0 Å². The Morgan fingerprint density at radius 2 is 2.30 bits per heavy atom. The lowest BCUT2D eigenvalue weighted by Crippen LogP contribution is -2.31. The lowest BCUT2D eigenvalue weighted by Gasteiger charge is -2.30. The van der Waals surface area contributed by atoms with Crippen molar-refractivity contribution in [3.63, 3.8) is 0 Å². The normalized spacial score (nSPS) is 30.8. The summed E-state index contributed by atoms with van der Waals surface area (Å²) in [4.78, 5) is 14.0. The van der Waals surface area contributed by atoms with Crippen LogP contribution in [-0.2, 0) is 4.79 Å². The molecule has 0 aromatic carbocycles. The molecule has 0 saturated heterocycles. The molecule has 1 aliphatic carbocycles. The van der Waals surface area contributed by atoms with Crippen LogP contribution in [0.3, 0.4) is 0 Å². The third-order valence-corrected chi connectivity index (χ3v) is 1.97. The van der Waals surface area contributed by atoms with E-state index in [2.05, 4.69) is 11.7 Å². The summed E-state index contributed by atoms with van der Waals surface area (Å²) in [6.07, 6.45) is 1.57. The summed E-state index contributed by atoms with van der Waals surface area (Å²) in [5, 5.41) is 8.47. The summed E-state index contributed by atoms with van der Waals surface area (Å²) in [5.41, 5.74) is 0. The number of aliphatic carboxylic acids is 1. The van der Waals surface area contributed by atoms with E-state index in [0.29, 0.717) is 5.92 Å². The molecule has 0 amide bonds. The molecular weight excluding hydrogens is 130 g/mol. The third-order valence-electron chi connectivity index (χ3n) is 1.97. The molecular formula is C7H11NO2. The minimum Gasteiger partial charge on any atom is -0.481 e. The van der Waals surface area contributed by atoms with Crippen molar-refractivity contribution in [2.75, 3.05) is 6.54 Å². The zero-order valence-corrected chi connectivity index (χ0v) is 5.79. The Morgan fingerprint density at radius 3 is 2.70 bits per heavy atom. The molecule has 0 aliphatic heterocycles. The zero-order valence-electron chi connectivity index (χ0n) is 5.79. The second-order valence-corrected chi connectivity index (χ2v) is 2.78. The number of aliphatic imine (C=N–C) groups is 1. The Hall–Kier alpha value is -0.860. The molecule has 0 spiro atoms. The van der Waals surface area contributed by atoms with Crippen LogP contribution in [0.15, 0.2) is 4.99 Å². The zero-order chi connectivity index (χ0) is 7.56. The Labute approximate surface area is 59.8 Å². The second-order valence-electron chi connectivity index (χ2n) is 2.78. The number of hydrogen-bond donors (Lipinski definition) is 1. The Bertz CT molecular complexity index is 150. The SMILES string of the molecule is C=NCC1CC(C(=O)O)C1. The summed E-state index contributed by atoms with van der Waals surface area (Å²) in [5.74, 6) is -0.286. The highest BCUT2D eigenvalue weighted by molar-refractivity contribution is 5.71. The lowest BCUT2D eigenvalue weighted by molar-refractivity contribution is -0.146. The van der Waals surface area contributed by atoms with Gasteiger partial charge in [0.25, 0.3) is 0 Å². The van der Waals surface area contributed by atoms with E-state index >= 15 is 0 Å². The van der Waals surface area contributed by atoms with Gasteiger partial charge in [0.1, 0.15) is 0 Å². The van der Waals surface area contributed by atoms with Gasteiger partial charge < -0.3 is 10.1 Å². The number of carbonyl (C=O) groups is 1. The van der Waals surface area contributed by atoms with Gasteiger partial charge in [0.15, 0.2) is 0 Å². The Kier molecular flexibility index (Phi) is 2.04. The van der Waals surface area contributed by atoms with Crippen LogP contribution in [0.1, 0.15) is 12.8 Å². The highest BCUT2D eigenvalue weighted by Gasteiger charge is 2.33. The van der Waals surface area contributed by atoms with Crippen molar-refractivity contribution in [3.8, 4) is 0 Å². The van der Waals surface area contributed by atoms with Crippen LogP contribution in [0.25, 0.3) is 0 Å². The number of carboxylic acid groups (broad SMARTS) is 1. The molecule has 1 aliphatic rings. The van der Waals surface area contributed by atoms with Crippen molar-refractivity contribution >= 4 is 12.7 Å². The number of rotatable bonds is 3. The van der Waals surface area contributed by atoms with Crippen LogP contribution >= 0.6 is 0 Å². The van der Waals surface area contributed by atoms with Crippen molar-refractivity contribution in [3.05, 3.63) is 0 Å². The molecule has 0 bridgehead atoms. The highest BCUT2D eigenvalue weighted by atomic mass is 16.4. The highest BCUT2D eigenvalue weighted by Crippen LogP contribution is 2.33. The average molecular weight is 141 g/mol. The molecule has 3 heteroatoms. The first kappa shape index (κ1) is 7.25. The second kappa shape index (κ2) is 2.82. The molecule has 1 fully saturated rings. The molecule has 1 N–H and O–H groups in total. The third kappa shape index (κ3) is 1.35. The summed E-state index contributed by atoms with van der Waals surface area (Å²) in [7, 11) is 0. The number of hydrogen-bond acceptors (Lipinski definition) is 2. The average Bonchev–Trinajstić information content (AvgIpc) is 1.76. The molecule has 3 nitrogen and oxygen atoms in total. The van der Waals surface area contributed by atoms with Gasteiger partial charge in [-0.15, -0.1) is 0 Å². The minimum absolute atomic E-state index is 0.105. The van der Waals surface area contributed by atoms with Crippen LogP contribution < -0.4 is 0 Å². The van der Waals surface area contributed by atoms with Gasteiger partial charge in [-0.2, -0.15) is 0 Å². The fourth-order valence-electron chi connectivity index (χ4n) is 1.27. The summed E-state index contributed by atoms with van der Waals surface area (Å²) in [6, 6.07) is 0. The van der Waals surface area contributed by atoms with Gasteiger partial charge in [-0.05, 0) is 25.5 Å². The number of nitrogens with zero attached hydrogens (tertiary/aromatic N) is 1. The van der Waals surface area contributed by atoms with Crippen molar-refractivity contribution in [2.24, 2.45) is 16.8 Å². The van der Waals surface area contributed by atoms with Gasteiger partial charge in [-0.3, -0.25) is 4.79 Å². The molecule has 0 aromatic rings. The molecule has 0 aromatic heterocycles. The maximum absolute atomic E-state index is 10.3. The van der Waals surface area contributed by atoms with E-state index in [1.807, 2.05) is 0 Å². The molecule has 56 valence electrons.